The summed E-state index contributed by atoms with van der Waals surface area (Å²) in [6.45, 7) is 19.4. The third-order valence-electron chi connectivity index (χ3n) is 11.2. The standard InChI is InChI=1S/C40H61N7O8/c1-8-9-13-28(33(48)29-14-10-11-15-40(29)52-24-25-53-40)32(43-51)30-26-31(46-22-23-47(39(27-46)16-17-39)36(50)55-38(5,6)7)42-34(41-30)44-18-12-19-45(21-20-44)35(49)54-37(2,3)4/h8,26,28-29,51H,1,9-25,27H2,2-7H3/b43-32-/t28-,29+/m0/s1. The van der Waals surface area contributed by atoms with Gasteiger partial charge in [0.1, 0.15) is 22.7 Å². The van der Waals surface area contributed by atoms with Crippen LogP contribution in [0.3, 0.4) is 0 Å². The highest BCUT2D eigenvalue weighted by atomic mass is 16.7. The summed E-state index contributed by atoms with van der Waals surface area (Å²) in [6.07, 6.45) is 7.35. The molecular formula is C40H61N7O8. The van der Waals surface area contributed by atoms with Crippen molar-refractivity contribution in [2.75, 3.05) is 68.8 Å². The molecule has 55 heavy (non-hydrogen) atoms. The second-order valence-electron chi connectivity index (χ2n) is 17.6. The number of ether oxygens (including phenoxy) is 4. The Bertz CT molecular complexity index is 1610. The second kappa shape index (κ2) is 16.2. The number of oxime groups is 1. The largest absolute Gasteiger partial charge is 0.444 e. The smallest absolute Gasteiger partial charge is 0.410 e. The Labute approximate surface area is 325 Å². The van der Waals surface area contributed by atoms with Crippen molar-refractivity contribution in [2.24, 2.45) is 17.0 Å². The molecular weight excluding hydrogens is 706 g/mol. The van der Waals surface area contributed by atoms with Crippen molar-refractivity contribution in [3.8, 4) is 0 Å². The predicted octanol–water partition coefficient (Wildman–Crippen LogP) is 5.78. The number of Topliss-reactive ketones (excluding diaryl/α,β-unsaturated/α-hetero) is 1. The summed E-state index contributed by atoms with van der Waals surface area (Å²) in [5.41, 5.74) is -1.10. The number of hydrogen-bond donors (Lipinski definition) is 1. The van der Waals surface area contributed by atoms with Crippen molar-refractivity contribution in [2.45, 2.75) is 122 Å². The number of carbonyl (C=O) groups excluding carboxylic acids is 3. The molecule has 1 aromatic rings. The second-order valence-corrected chi connectivity index (χ2v) is 17.6. The van der Waals surface area contributed by atoms with Crippen molar-refractivity contribution in [3.63, 3.8) is 0 Å². The van der Waals surface area contributed by atoms with E-state index in [1.54, 1.807) is 17.0 Å². The van der Waals surface area contributed by atoms with Gasteiger partial charge in [0, 0.05) is 58.3 Å². The fourth-order valence-electron chi connectivity index (χ4n) is 8.36. The summed E-state index contributed by atoms with van der Waals surface area (Å²) in [5, 5.41) is 14.6. The van der Waals surface area contributed by atoms with Crippen molar-refractivity contribution in [1.82, 2.24) is 19.8 Å². The zero-order valence-corrected chi connectivity index (χ0v) is 33.7. The van der Waals surface area contributed by atoms with Crippen LogP contribution in [0.15, 0.2) is 23.9 Å². The fraction of sp³-hybridized carbons (Fsp3) is 0.750. The Hall–Kier alpha value is -3.98. The number of nitrogens with zero attached hydrogens (tertiary/aromatic N) is 7. The van der Waals surface area contributed by atoms with Gasteiger partial charge in [-0.05, 0) is 86.5 Å². The molecule has 4 heterocycles. The first-order chi connectivity index (χ1) is 26.1. The van der Waals surface area contributed by atoms with Gasteiger partial charge in [0.25, 0.3) is 0 Å². The van der Waals surface area contributed by atoms with Gasteiger partial charge in [-0.25, -0.2) is 14.6 Å². The quantitative estimate of drug-likeness (QED) is 0.140. The third kappa shape index (κ3) is 9.36. The van der Waals surface area contributed by atoms with Gasteiger partial charge in [-0.1, -0.05) is 17.7 Å². The molecule has 2 saturated carbocycles. The molecule has 304 valence electrons. The number of allylic oxidation sites excluding steroid dienone is 1. The van der Waals surface area contributed by atoms with Gasteiger partial charge < -0.3 is 38.9 Å². The van der Waals surface area contributed by atoms with E-state index in [9.17, 15) is 19.6 Å². The van der Waals surface area contributed by atoms with Gasteiger partial charge in [-0.15, -0.1) is 6.58 Å². The SMILES string of the molecule is C=CCC[C@H](C(=O)[C@H]1CCCCC12OCCO2)/C(=N/O)c1cc(N2CCN(C(=O)OC(C)(C)C)C3(CC3)C2)nc(N2CCCN(C(=O)OC(C)(C)C)CC2)n1. The van der Waals surface area contributed by atoms with Gasteiger partial charge in [-0.2, -0.15) is 4.98 Å². The van der Waals surface area contributed by atoms with Gasteiger partial charge in [0.15, 0.2) is 11.6 Å². The van der Waals surface area contributed by atoms with Gasteiger partial charge >= 0.3 is 12.2 Å². The highest BCUT2D eigenvalue weighted by Crippen LogP contribution is 2.46. The van der Waals surface area contributed by atoms with E-state index in [-0.39, 0.29) is 29.2 Å². The molecule has 3 saturated heterocycles. The molecule has 1 N–H and O–H groups in total. The van der Waals surface area contributed by atoms with E-state index in [4.69, 9.17) is 28.9 Å². The number of amides is 2. The molecule has 6 rings (SSSR count). The maximum absolute atomic E-state index is 14.7. The average molecular weight is 768 g/mol. The summed E-state index contributed by atoms with van der Waals surface area (Å²) in [6, 6.07) is 1.80. The zero-order chi connectivity index (χ0) is 39.6. The van der Waals surface area contributed by atoms with Crippen molar-refractivity contribution < 1.29 is 38.5 Å². The summed E-state index contributed by atoms with van der Waals surface area (Å²) in [5.74, 6) is -1.37. The first kappa shape index (κ1) is 40.7. The van der Waals surface area contributed by atoms with Crippen molar-refractivity contribution in [1.29, 1.82) is 0 Å². The van der Waals surface area contributed by atoms with Crippen LogP contribution in [0.5, 0.6) is 0 Å². The topological polar surface area (TPSA) is 159 Å². The Balaban J connectivity index is 1.34. The van der Waals surface area contributed by atoms with Crippen LogP contribution in [-0.2, 0) is 23.7 Å². The summed E-state index contributed by atoms with van der Waals surface area (Å²) >= 11 is 0. The van der Waals surface area contributed by atoms with Gasteiger partial charge in [0.05, 0.1) is 36.3 Å². The maximum atomic E-state index is 14.7. The number of carbonyl (C=O) groups is 3. The summed E-state index contributed by atoms with van der Waals surface area (Å²) in [7, 11) is 0. The molecule has 15 heteroatoms. The minimum atomic E-state index is -0.969. The number of anilines is 2. The molecule has 0 unspecified atom stereocenters. The zero-order valence-electron chi connectivity index (χ0n) is 33.7. The molecule has 2 atom stereocenters. The van der Waals surface area contributed by atoms with Gasteiger partial charge in [-0.3, -0.25) is 9.69 Å². The van der Waals surface area contributed by atoms with Crippen molar-refractivity contribution >= 4 is 35.4 Å². The lowest BCUT2D eigenvalue weighted by Crippen LogP contribution is -2.58. The van der Waals surface area contributed by atoms with E-state index in [2.05, 4.69) is 16.6 Å². The average Bonchev–Trinajstić information content (AvgIpc) is 3.81. The van der Waals surface area contributed by atoms with Crippen LogP contribution in [0, 0.1) is 11.8 Å². The molecule has 3 aliphatic heterocycles. The lowest BCUT2D eigenvalue weighted by Gasteiger charge is -2.43. The molecule has 0 aromatic carbocycles. The minimum Gasteiger partial charge on any atom is -0.444 e. The normalized spacial score (nSPS) is 23.4. The van der Waals surface area contributed by atoms with E-state index >= 15 is 0 Å². The Morgan fingerprint density at radius 2 is 1.62 bits per heavy atom. The van der Waals surface area contributed by atoms with Crippen LogP contribution in [0.1, 0.15) is 105 Å². The lowest BCUT2D eigenvalue weighted by molar-refractivity contribution is -0.212. The first-order valence-electron chi connectivity index (χ1n) is 20.1. The molecule has 0 bridgehead atoms. The molecule has 2 aliphatic carbocycles. The number of aromatic nitrogens is 2. The molecule has 2 amide bonds. The Morgan fingerprint density at radius 1 is 0.927 bits per heavy atom. The molecule has 2 spiro atoms. The lowest BCUT2D eigenvalue weighted by atomic mass is 9.74. The predicted molar refractivity (Wildman–Crippen MR) is 207 cm³/mol. The number of hydrogen-bond acceptors (Lipinski definition) is 13. The first-order valence-corrected chi connectivity index (χ1v) is 20.1. The molecule has 15 nitrogen and oxygen atoms in total. The Morgan fingerprint density at radius 3 is 2.27 bits per heavy atom. The monoisotopic (exact) mass is 767 g/mol. The Kier molecular flexibility index (Phi) is 12.0. The van der Waals surface area contributed by atoms with Crippen LogP contribution < -0.4 is 9.80 Å². The highest BCUT2D eigenvalue weighted by molar-refractivity contribution is 6.13. The highest BCUT2D eigenvalue weighted by Gasteiger charge is 2.55. The summed E-state index contributed by atoms with van der Waals surface area (Å²) < 4.78 is 23.8. The summed E-state index contributed by atoms with van der Waals surface area (Å²) in [4.78, 5) is 58.9. The van der Waals surface area contributed by atoms with Gasteiger partial charge in [0.2, 0.25) is 5.95 Å². The third-order valence-corrected chi connectivity index (χ3v) is 11.2. The van der Waals surface area contributed by atoms with Crippen LogP contribution in [0.25, 0.3) is 0 Å². The van der Waals surface area contributed by atoms with Crippen LogP contribution in [0.2, 0.25) is 0 Å². The minimum absolute atomic E-state index is 0.0938. The van der Waals surface area contributed by atoms with E-state index in [1.165, 1.54) is 0 Å². The van der Waals surface area contributed by atoms with Crippen LogP contribution >= 0.6 is 0 Å². The number of ketones is 1. The van der Waals surface area contributed by atoms with Crippen molar-refractivity contribution in [3.05, 3.63) is 24.4 Å². The number of piperazine rings is 1. The number of rotatable bonds is 9. The van der Waals surface area contributed by atoms with E-state index in [0.29, 0.717) is 109 Å². The maximum Gasteiger partial charge on any atom is 0.410 e. The van der Waals surface area contributed by atoms with Crippen LogP contribution in [0.4, 0.5) is 21.4 Å². The molecule has 1 aromatic heterocycles. The molecule has 0 radical (unpaired) electrons. The molecule has 5 aliphatic rings. The molecule has 5 fully saturated rings. The van der Waals surface area contributed by atoms with E-state index < -0.39 is 28.8 Å². The van der Waals surface area contributed by atoms with Crippen LogP contribution in [-0.4, -0.2) is 130 Å². The van der Waals surface area contributed by atoms with E-state index in [1.807, 2.05) is 51.3 Å². The van der Waals surface area contributed by atoms with E-state index in [0.717, 1.165) is 25.7 Å². The fourth-order valence-corrected chi connectivity index (χ4v) is 8.36.